The Hall–Kier alpha value is -1.55. The average Bonchev–Trinajstić information content (AvgIpc) is 2.74. The second kappa shape index (κ2) is 5.19. The number of hydrogen-bond acceptors (Lipinski definition) is 3. The van der Waals surface area contributed by atoms with Gasteiger partial charge in [0, 0.05) is 13.1 Å². The predicted molar refractivity (Wildman–Crippen MR) is 65.5 cm³/mol. The van der Waals surface area contributed by atoms with Crippen LogP contribution >= 0.6 is 0 Å². The molecule has 4 heteroatoms. The third kappa shape index (κ3) is 2.97. The van der Waals surface area contributed by atoms with Crippen molar-refractivity contribution >= 4 is 5.91 Å². The third-order valence-corrected chi connectivity index (χ3v) is 3.26. The van der Waals surface area contributed by atoms with Crippen molar-refractivity contribution in [2.24, 2.45) is 11.8 Å². The summed E-state index contributed by atoms with van der Waals surface area (Å²) >= 11 is 0. The zero-order valence-electron chi connectivity index (χ0n) is 9.94. The molecule has 3 N–H and O–H groups in total. The summed E-state index contributed by atoms with van der Waals surface area (Å²) in [6.45, 7) is 4.28. The topological polar surface area (TPSA) is 61.4 Å². The smallest absolute Gasteiger partial charge is 0.224 e. The molecule has 2 atom stereocenters. The molecule has 0 bridgehead atoms. The maximum Gasteiger partial charge on any atom is 0.224 e. The summed E-state index contributed by atoms with van der Waals surface area (Å²) in [4.78, 5) is 11.9. The van der Waals surface area contributed by atoms with Crippen molar-refractivity contribution in [3.63, 3.8) is 0 Å². The van der Waals surface area contributed by atoms with E-state index in [4.69, 9.17) is 5.11 Å². The molecule has 2 unspecified atom stereocenters. The van der Waals surface area contributed by atoms with Gasteiger partial charge in [-0.2, -0.15) is 0 Å². The van der Waals surface area contributed by atoms with Gasteiger partial charge in [-0.3, -0.25) is 4.79 Å². The Bertz CT molecular complexity index is 389. The van der Waals surface area contributed by atoms with Crippen LogP contribution in [0.15, 0.2) is 24.3 Å². The molecular weight excluding hydrogens is 216 g/mol. The number of nitrogens with one attached hydrogen (secondary N) is 2. The zero-order valence-corrected chi connectivity index (χ0v) is 9.94. The predicted octanol–water partition coefficient (Wildman–Crippen LogP) is 0.864. The first kappa shape index (κ1) is 11.9. The molecule has 92 valence electrons. The van der Waals surface area contributed by atoms with Crippen molar-refractivity contribution < 1.29 is 9.90 Å². The maximum atomic E-state index is 11.9. The highest BCUT2D eigenvalue weighted by Crippen LogP contribution is 2.16. The van der Waals surface area contributed by atoms with Gasteiger partial charge in [0.25, 0.3) is 0 Å². The molecule has 1 saturated heterocycles. The van der Waals surface area contributed by atoms with Gasteiger partial charge in [-0.1, -0.05) is 19.1 Å². The minimum Gasteiger partial charge on any atom is -0.508 e. The molecule has 17 heavy (non-hydrogen) atoms. The Morgan fingerprint density at radius 2 is 2.12 bits per heavy atom. The van der Waals surface area contributed by atoms with Gasteiger partial charge in [-0.25, -0.2) is 0 Å². The van der Waals surface area contributed by atoms with Crippen LogP contribution in [-0.4, -0.2) is 24.1 Å². The number of phenols is 1. The molecule has 0 aliphatic carbocycles. The first-order valence-corrected chi connectivity index (χ1v) is 5.93. The Labute approximate surface area is 101 Å². The van der Waals surface area contributed by atoms with E-state index in [2.05, 4.69) is 17.6 Å². The first-order valence-electron chi connectivity index (χ1n) is 5.93. The lowest BCUT2D eigenvalue weighted by molar-refractivity contribution is -0.125. The quantitative estimate of drug-likeness (QED) is 0.727. The summed E-state index contributed by atoms with van der Waals surface area (Å²) in [6, 6.07) is 6.88. The molecule has 0 spiro atoms. The number of aromatic hydroxyl groups is 1. The van der Waals surface area contributed by atoms with Gasteiger partial charge in [0.1, 0.15) is 5.75 Å². The Morgan fingerprint density at radius 1 is 1.41 bits per heavy atom. The lowest BCUT2D eigenvalue weighted by atomic mass is 9.97. The Balaban J connectivity index is 1.85. The molecule has 4 nitrogen and oxygen atoms in total. The summed E-state index contributed by atoms with van der Waals surface area (Å²) in [5, 5.41) is 15.3. The fraction of sp³-hybridized carbons (Fsp3) is 0.462. The molecular formula is C13H18N2O2. The molecule has 1 fully saturated rings. The van der Waals surface area contributed by atoms with Crippen LogP contribution in [-0.2, 0) is 11.3 Å². The number of amides is 1. The number of benzene rings is 1. The van der Waals surface area contributed by atoms with Crippen LogP contribution in [0.5, 0.6) is 5.75 Å². The summed E-state index contributed by atoms with van der Waals surface area (Å²) in [5.41, 5.74) is 0.995. The van der Waals surface area contributed by atoms with Crippen LogP contribution in [0.2, 0.25) is 0 Å². The average molecular weight is 234 g/mol. The number of phenolic OH excluding ortho intramolecular Hbond substituents is 1. The minimum absolute atomic E-state index is 0.0760. The van der Waals surface area contributed by atoms with E-state index in [0.29, 0.717) is 12.5 Å². The summed E-state index contributed by atoms with van der Waals surface area (Å²) in [5.74, 6) is 0.825. The molecule has 1 aliphatic rings. The SMILES string of the molecule is CC1CNCC1C(=O)NCc1ccc(O)cc1. The number of rotatable bonds is 3. The van der Waals surface area contributed by atoms with Crippen LogP contribution in [0.4, 0.5) is 0 Å². The standard InChI is InChI=1S/C13H18N2O2/c1-9-6-14-8-12(9)13(17)15-7-10-2-4-11(16)5-3-10/h2-5,9,12,14,16H,6-8H2,1H3,(H,15,17). The third-order valence-electron chi connectivity index (χ3n) is 3.26. The highest BCUT2D eigenvalue weighted by Gasteiger charge is 2.29. The van der Waals surface area contributed by atoms with Crippen molar-refractivity contribution in [1.82, 2.24) is 10.6 Å². The molecule has 0 aromatic heterocycles. The van der Waals surface area contributed by atoms with Gasteiger partial charge in [0.2, 0.25) is 5.91 Å². The van der Waals surface area contributed by atoms with Crippen molar-refractivity contribution in [2.45, 2.75) is 13.5 Å². The highest BCUT2D eigenvalue weighted by molar-refractivity contribution is 5.79. The second-order valence-corrected chi connectivity index (χ2v) is 4.63. The fourth-order valence-electron chi connectivity index (χ4n) is 2.10. The monoisotopic (exact) mass is 234 g/mol. The summed E-state index contributed by atoms with van der Waals surface area (Å²) in [6.07, 6.45) is 0. The van der Waals surface area contributed by atoms with E-state index in [-0.39, 0.29) is 17.6 Å². The minimum atomic E-state index is 0.0760. The van der Waals surface area contributed by atoms with E-state index >= 15 is 0 Å². The van der Waals surface area contributed by atoms with Gasteiger partial charge in [0.05, 0.1) is 5.92 Å². The molecule has 1 aliphatic heterocycles. The Morgan fingerprint density at radius 3 is 2.71 bits per heavy atom. The van der Waals surface area contributed by atoms with Crippen LogP contribution < -0.4 is 10.6 Å². The van der Waals surface area contributed by atoms with Gasteiger partial charge >= 0.3 is 0 Å². The highest BCUT2D eigenvalue weighted by atomic mass is 16.3. The van der Waals surface area contributed by atoms with Crippen molar-refractivity contribution in [3.8, 4) is 5.75 Å². The fourth-order valence-corrected chi connectivity index (χ4v) is 2.10. The number of hydrogen-bond donors (Lipinski definition) is 3. The summed E-state index contributed by atoms with van der Waals surface area (Å²) in [7, 11) is 0. The van der Waals surface area contributed by atoms with Crippen LogP contribution in [0.1, 0.15) is 12.5 Å². The molecule has 1 aromatic rings. The maximum absolute atomic E-state index is 11.9. The van der Waals surface area contributed by atoms with Crippen LogP contribution in [0.3, 0.4) is 0 Å². The lowest BCUT2D eigenvalue weighted by Crippen LogP contribution is -2.33. The first-order chi connectivity index (χ1) is 8.16. The van der Waals surface area contributed by atoms with E-state index in [0.717, 1.165) is 18.7 Å². The summed E-state index contributed by atoms with van der Waals surface area (Å²) < 4.78 is 0. The van der Waals surface area contributed by atoms with Crippen molar-refractivity contribution in [1.29, 1.82) is 0 Å². The molecule has 0 radical (unpaired) electrons. The van der Waals surface area contributed by atoms with Crippen molar-refractivity contribution in [2.75, 3.05) is 13.1 Å². The molecule has 1 aromatic carbocycles. The molecule has 1 heterocycles. The van der Waals surface area contributed by atoms with E-state index in [1.54, 1.807) is 12.1 Å². The second-order valence-electron chi connectivity index (χ2n) is 4.63. The van der Waals surface area contributed by atoms with Gasteiger partial charge in [-0.15, -0.1) is 0 Å². The van der Waals surface area contributed by atoms with E-state index in [1.807, 2.05) is 12.1 Å². The molecule has 1 amide bonds. The Kier molecular flexibility index (Phi) is 3.64. The van der Waals surface area contributed by atoms with Gasteiger partial charge in [0.15, 0.2) is 0 Å². The van der Waals surface area contributed by atoms with E-state index in [9.17, 15) is 4.79 Å². The van der Waals surface area contributed by atoms with Gasteiger partial charge < -0.3 is 15.7 Å². The van der Waals surface area contributed by atoms with E-state index in [1.165, 1.54) is 0 Å². The number of carbonyl (C=O) groups is 1. The molecule has 0 saturated carbocycles. The largest absolute Gasteiger partial charge is 0.508 e. The zero-order chi connectivity index (χ0) is 12.3. The van der Waals surface area contributed by atoms with E-state index < -0.39 is 0 Å². The normalized spacial score (nSPS) is 23.6. The lowest BCUT2D eigenvalue weighted by Gasteiger charge is -2.14. The van der Waals surface area contributed by atoms with Crippen LogP contribution in [0, 0.1) is 11.8 Å². The van der Waals surface area contributed by atoms with Gasteiger partial charge in [-0.05, 0) is 30.2 Å². The number of carbonyl (C=O) groups excluding carboxylic acids is 1. The van der Waals surface area contributed by atoms with Crippen molar-refractivity contribution in [3.05, 3.63) is 29.8 Å². The molecule has 2 rings (SSSR count). The van der Waals surface area contributed by atoms with Crippen LogP contribution in [0.25, 0.3) is 0 Å².